The topological polar surface area (TPSA) is 44.9 Å². The quantitative estimate of drug-likeness (QED) is 0.148. The summed E-state index contributed by atoms with van der Waals surface area (Å²) in [5, 5.41) is 10.3. The Morgan fingerprint density at radius 1 is 0.894 bits per heavy atom. The molecule has 47 heavy (non-hydrogen) atoms. The van der Waals surface area contributed by atoms with E-state index < -0.39 is 0 Å². The van der Waals surface area contributed by atoms with E-state index >= 15 is 0 Å². The lowest BCUT2D eigenvalue weighted by Crippen LogP contribution is -2.33. The normalized spacial score (nSPS) is 15.8. The van der Waals surface area contributed by atoms with Crippen LogP contribution in [0.4, 0.5) is 4.39 Å². The molecule has 4 nitrogen and oxygen atoms in total. The molecule has 0 radical (unpaired) electrons. The summed E-state index contributed by atoms with van der Waals surface area (Å²) in [6.07, 6.45) is 8.32. The second kappa shape index (κ2) is 14.1. The molecule has 238 valence electrons. The van der Waals surface area contributed by atoms with Crippen molar-refractivity contribution in [2.24, 2.45) is 5.92 Å². The van der Waals surface area contributed by atoms with Gasteiger partial charge in [-0.25, -0.2) is 4.39 Å². The summed E-state index contributed by atoms with van der Waals surface area (Å²) in [6, 6.07) is 33.0. The van der Waals surface area contributed by atoms with E-state index in [0.717, 1.165) is 68.3 Å². The van der Waals surface area contributed by atoms with Gasteiger partial charge in [0.05, 0.1) is 11.6 Å². The van der Waals surface area contributed by atoms with Gasteiger partial charge in [0, 0.05) is 41.6 Å². The van der Waals surface area contributed by atoms with Crippen LogP contribution in [0.15, 0.2) is 97.6 Å². The highest BCUT2D eigenvalue weighted by Gasteiger charge is 2.25. The SMILES string of the molecule is C=C(Cc1ccccc1)c1ccc2cc(CN3CCC(c4cccc(CCc5ccc(C#N)cc5F)n4)CC3)n(CC3CCC3)c2c1. The van der Waals surface area contributed by atoms with Crippen LogP contribution in [0.25, 0.3) is 16.5 Å². The summed E-state index contributed by atoms with van der Waals surface area (Å²) in [5.41, 5.74) is 9.61. The van der Waals surface area contributed by atoms with Gasteiger partial charge in [0.15, 0.2) is 0 Å². The van der Waals surface area contributed by atoms with Gasteiger partial charge >= 0.3 is 0 Å². The Kier molecular flexibility index (Phi) is 9.31. The molecule has 2 fully saturated rings. The number of allylic oxidation sites excluding steroid dienone is 1. The highest BCUT2D eigenvalue weighted by atomic mass is 19.1. The highest BCUT2D eigenvalue weighted by molar-refractivity contribution is 5.85. The lowest BCUT2D eigenvalue weighted by molar-refractivity contribution is 0.196. The van der Waals surface area contributed by atoms with Crippen LogP contribution in [0.3, 0.4) is 0 Å². The number of nitriles is 1. The lowest BCUT2D eigenvalue weighted by Gasteiger charge is -2.33. The average molecular weight is 623 g/mol. The number of halogens is 1. The summed E-state index contributed by atoms with van der Waals surface area (Å²) in [6.45, 7) is 8.65. The van der Waals surface area contributed by atoms with Gasteiger partial charge in [0.2, 0.25) is 0 Å². The van der Waals surface area contributed by atoms with Crippen molar-refractivity contribution in [1.29, 1.82) is 5.26 Å². The van der Waals surface area contributed by atoms with Crippen LogP contribution in [0.5, 0.6) is 0 Å². The number of hydrogen-bond donors (Lipinski definition) is 0. The molecule has 3 aromatic carbocycles. The van der Waals surface area contributed by atoms with Crippen LogP contribution in [0.2, 0.25) is 0 Å². The van der Waals surface area contributed by atoms with Gasteiger partial charge in [-0.2, -0.15) is 5.26 Å². The Morgan fingerprint density at radius 3 is 2.47 bits per heavy atom. The van der Waals surface area contributed by atoms with Crippen LogP contribution >= 0.6 is 0 Å². The van der Waals surface area contributed by atoms with Gasteiger partial charge in [-0.1, -0.05) is 67.6 Å². The number of nitrogens with zero attached hydrogens (tertiary/aromatic N) is 4. The van der Waals surface area contributed by atoms with Crippen LogP contribution in [-0.4, -0.2) is 27.5 Å². The molecule has 0 N–H and O–H groups in total. The number of hydrogen-bond acceptors (Lipinski definition) is 3. The summed E-state index contributed by atoms with van der Waals surface area (Å²) in [7, 11) is 0. The molecule has 0 bridgehead atoms. The van der Waals surface area contributed by atoms with Gasteiger partial charge < -0.3 is 4.57 Å². The Morgan fingerprint density at radius 2 is 1.72 bits per heavy atom. The molecule has 1 saturated heterocycles. The standard InChI is InChI=1S/C42H43FN4/c1-30(23-31-7-3-2-4-8-31)36-15-16-37-25-39(47(42(37)26-36)28-32-9-5-10-32)29-46-21-19-35(20-22-46)41-12-6-11-38(45-41)18-17-34-14-13-33(27-44)24-40(34)43/h2-4,6-8,11-16,24-26,32,35H,1,5,9-10,17-23,28-29H2. The third kappa shape index (κ3) is 7.24. The first kappa shape index (κ1) is 31.1. The van der Waals surface area contributed by atoms with Crippen molar-refractivity contribution in [3.63, 3.8) is 0 Å². The van der Waals surface area contributed by atoms with Crippen molar-refractivity contribution < 1.29 is 4.39 Å². The van der Waals surface area contributed by atoms with E-state index in [0.29, 0.717) is 29.9 Å². The molecule has 1 aliphatic heterocycles. The first-order valence-electron chi connectivity index (χ1n) is 17.2. The van der Waals surface area contributed by atoms with Gasteiger partial charge in [0.1, 0.15) is 5.82 Å². The molecule has 3 heterocycles. The highest BCUT2D eigenvalue weighted by Crippen LogP contribution is 2.34. The van der Waals surface area contributed by atoms with Crippen molar-refractivity contribution in [2.45, 2.75) is 70.4 Å². The number of aryl methyl sites for hydroxylation is 2. The molecular formula is C42H43FN4. The summed E-state index contributed by atoms with van der Waals surface area (Å²) in [4.78, 5) is 7.64. The second-order valence-corrected chi connectivity index (χ2v) is 13.6. The molecule has 0 unspecified atom stereocenters. The van der Waals surface area contributed by atoms with Gasteiger partial charge in [-0.15, -0.1) is 0 Å². The van der Waals surface area contributed by atoms with E-state index in [-0.39, 0.29) is 5.82 Å². The Balaban J connectivity index is 1.01. The van der Waals surface area contributed by atoms with Crippen LogP contribution in [-0.2, 0) is 32.4 Å². The number of piperidine rings is 1. The molecule has 1 aliphatic carbocycles. The monoisotopic (exact) mass is 622 g/mol. The van der Waals surface area contributed by atoms with E-state index in [1.807, 2.05) is 12.1 Å². The van der Waals surface area contributed by atoms with Crippen molar-refractivity contribution in [2.75, 3.05) is 13.1 Å². The lowest BCUT2D eigenvalue weighted by atomic mass is 9.85. The smallest absolute Gasteiger partial charge is 0.127 e. The summed E-state index contributed by atoms with van der Waals surface area (Å²) < 4.78 is 17.0. The molecule has 0 atom stereocenters. The fourth-order valence-corrected chi connectivity index (χ4v) is 7.32. The van der Waals surface area contributed by atoms with Crippen molar-refractivity contribution in [1.82, 2.24) is 14.5 Å². The Bertz CT molecular complexity index is 1900. The van der Waals surface area contributed by atoms with Gasteiger partial charge in [-0.3, -0.25) is 9.88 Å². The molecule has 2 aromatic heterocycles. The predicted octanol–water partition coefficient (Wildman–Crippen LogP) is 9.27. The third-order valence-corrected chi connectivity index (χ3v) is 10.4. The number of fused-ring (bicyclic) bond motifs is 1. The summed E-state index contributed by atoms with van der Waals surface area (Å²) in [5.74, 6) is 0.906. The zero-order valence-electron chi connectivity index (χ0n) is 27.2. The number of pyridine rings is 1. The number of rotatable bonds is 11. The first-order valence-corrected chi connectivity index (χ1v) is 17.2. The van der Waals surface area contributed by atoms with Crippen LogP contribution in [0, 0.1) is 23.1 Å². The molecule has 2 aliphatic rings. The zero-order chi connectivity index (χ0) is 32.2. The maximum absolute atomic E-state index is 14.4. The molecule has 1 saturated carbocycles. The van der Waals surface area contributed by atoms with Crippen molar-refractivity contribution in [3.8, 4) is 6.07 Å². The molecule has 7 rings (SSSR count). The maximum atomic E-state index is 14.4. The number of aromatic nitrogens is 2. The fraction of sp³-hybridized carbons (Fsp3) is 0.333. The fourth-order valence-electron chi connectivity index (χ4n) is 7.32. The van der Waals surface area contributed by atoms with E-state index in [2.05, 4.69) is 82.8 Å². The minimum Gasteiger partial charge on any atom is -0.343 e. The van der Waals surface area contributed by atoms with Crippen molar-refractivity contribution in [3.05, 3.63) is 143 Å². The first-order chi connectivity index (χ1) is 23.0. The van der Waals surface area contributed by atoms with Crippen LogP contribution < -0.4 is 0 Å². The maximum Gasteiger partial charge on any atom is 0.127 e. The van der Waals surface area contributed by atoms with E-state index in [4.69, 9.17) is 10.2 Å². The van der Waals surface area contributed by atoms with Gasteiger partial charge in [-0.05, 0) is 128 Å². The van der Waals surface area contributed by atoms with E-state index in [9.17, 15) is 4.39 Å². The molecule has 0 amide bonds. The predicted molar refractivity (Wildman–Crippen MR) is 188 cm³/mol. The molecular weight excluding hydrogens is 579 g/mol. The largest absolute Gasteiger partial charge is 0.343 e. The van der Waals surface area contributed by atoms with E-state index in [1.165, 1.54) is 53.1 Å². The van der Waals surface area contributed by atoms with E-state index in [1.54, 1.807) is 12.1 Å². The minimum atomic E-state index is -0.312. The summed E-state index contributed by atoms with van der Waals surface area (Å²) >= 11 is 0. The molecule has 0 spiro atoms. The van der Waals surface area contributed by atoms with Crippen molar-refractivity contribution >= 4 is 16.5 Å². The Labute approximate surface area is 278 Å². The van der Waals surface area contributed by atoms with Gasteiger partial charge in [0.25, 0.3) is 0 Å². The third-order valence-electron chi connectivity index (χ3n) is 10.4. The average Bonchev–Trinajstić information content (AvgIpc) is 3.42. The number of benzene rings is 3. The van der Waals surface area contributed by atoms with Crippen LogP contribution in [0.1, 0.15) is 77.4 Å². The Hall–Kier alpha value is -4.53. The second-order valence-electron chi connectivity index (χ2n) is 13.6. The minimum absolute atomic E-state index is 0.312. The molecule has 5 heteroatoms. The number of likely N-dealkylation sites (tertiary alicyclic amines) is 1. The zero-order valence-corrected chi connectivity index (χ0v) is 27.2. The molecule has 5 aromatic rings.